The summed E-state index contributed by atoms with van der Waals surface area (Å²) in [5, 5.41) is 0.156. The van der Waals surface area contributed by atoms with E-state index < -0.39 is 5.69 Å². The lowest BCUT2D eigenvalue weighted by molar-refractivity contribution is 0.167. The zero-order valence-corrected chi connectivity index (χ0v) is 13.6. The van der Waals surface area contributed by atoms with Crippen LogP contribution in [-0.4, -0.2) is 33.1 Å². The number of aromatic amines is 1. The zero-order valence-electron chi connectivity index (χ0n) is 12.9. The minimum absolute atomic E-state index is 0.156. The summed E-state index contributed by atoms with van der Waals surface area (Å²) in [5.41, 5.74) is -0.259. The number of aromatic nitrogens is 2. The number of nitrogens with zero attached hydrogens (tertiary/aromatic N) is 2. The number of hydrogen-bond donors (Lipinski definition) is 1. The lowest BCUT2D eigenvalue weighted by Crippen LogP contribution is -2.44. The van der Waals surface area contributed by atoms with E-state index in [-0.39, 0.29) is 10.7 Å². The van der Waals surface area contributed by atoms with Gasteiger partial charge in [-0.2, -0.15) is 0 Å². The molecule has 5 nitrogen and oxygen atoms in total. The fourth-order valence-electron chi connectivity index (χ4n) is 2.42. The Morgan fingerprint density at radius 1 is 1.20 bits per heavy atom. The standard InChI is InChI=1S/C14H24ClN3O2/c1-6-11-12(15)16-14(20)18(13(11)19)8-7-17(9(2)3)10(4)5/h9-10H,6-8H2,1-5H3,(H,16,20). The van der Waals surface area contributed by atoms with Gasteiger partial charge in [0, 0.05) is 25.2 Å². The van der Waals surface area contributed by atoms with Crippen molar-refractivity contribution in [2.45, 2.75) is 59.7 Å². The zero-order chi connectivity index (χ0) is 15.4. The Morgan fingerprint density at radius 3 is 2.20 bits per heavy atom. The molecule has 0 fully saturated rings. The molecule has 0 unspecified atom stereocenters. The maximum Gasteiger partial charge on any atom is 0.329 e. The van der Waals surface area contributed by atoms with Crippen LogP contribution in [0.5, 0.6) is 0 Å². The van der Waals surface area contributed by atoms with Crippen LogP contribution in [0.3, 0.4) is 0 Å². The smallest absolute Gasteiger partial charge is 0.297 e. The average molecular weight is 302 g/mol. The van der Waals surface area contributed by atoms with Crippen molar-refractivity contribution in [2.75, 3.05) is 6.54 Å². The Hall–Kier alpha value is -1.07. The van der Waals surface area contributed by atoms with Crippen molar-refractivity contribution >= 4 is 11.6 Å². The second-order valence-corrected chi connectivity index (χ2v) is 5.84. The van der Waals surface area contributed by atoms with Crippen LogP contribution in [0.1, 0.15) is 40.2 Å². The van der Waals surface area contributed by atoms with Gasteiger partial charge in [0.1, 0.15) is 5.15 Å². The largest absolute Gasteiger partial charge is 0.329 e. The predicted octanol–water partition coefficient (Wildman–Crippen LogP) is 1.87. The highest BCUT2D eigenvalue weighted by Gasteiger charge is 2.16. The molecular formula is C14H24ClN3O2. The maximum absolute atomic E-state index is 12.2. The van der Waals surface area contributed by atoms with E-state index in [1.165, 1.54) is 4.57 Å². The molecule has 1 N–H and O–H groups in total. The van der Waals surface area contributed by atoms with Gasteiger partial charge in [0.2, 0.25) is 0 Å². The van der Waals surface area contributed by atoms with E-state index in [2.05, 4.69) is 37.6 Å². The number of rotatable bonds is 6. The van der Waals surface area contributed by atoms with E-state index in [0.717, 1.165) is 0 Å². The average Bonchev–Trinajstić information content (AvgIpc) is 2.32. The number of H-pyrrole nitrogens is 1. The normalized spacial score (nSPS) is 11.8. The summed E-state index contributed by atoms with van der Waals surface area (Å²) in [6, 6.07) is 0.727. The highest BCUT2D eigenvalue weighted by molar-refractivity contribution is 6.30. The maximum atomic E-state index is 12.2. The van der Waals surface area contributed by atoms with Gasteiger partial charge in [0.05, 0.1) is 5.56 Å². The first-order valence-corrected chi connectivity index (χ1v) is 7.44. The summed E-state index contributed by atoms with van der Waals surface area (Å²) in [6.07, 6.45) is 0.506. The Labute approximate surface area is 124 Å². The fraction of sp³-hybridized carbons (Fsp3) is 0.714. The van der Waals surface area contributed by atoms with Crippen molar-refractivity contribution in [3.63, 3.8) is 0 Å². The minimum atomic E-state index is -0.440. The van der Waals surface area contributed by atoms with Crippen molar-refractivity contribution in [2.24, 2.45) is 0 Å². The summed E-state index contributed by atoms with van der Waals surface area (Å²) in [6.45, 7) is 11.3. The summed E-state index contributed by atoms with van der Waals surface area (Å²) >= 11 is 5.89. The molecule has 1 aromatic rings. The molecule has 0 saturated carbocycles. The van der Waals surface area contributed by atoms with Gasteiger partial charge in [-0.15, -0.1) is 0 Å². The van der Waals surface area contributed by atoms with Gasteiger partial charge >= 0.3 is 5.69 Å². The highest BCUT2D eigenvalue weighted by atomic mass is 35.5. The van der Waals surface area contributed by atoms with E-state index >= 15 is 0 Å². The Morgan fingerprint density at radius 2 is 1.75 bits per heavy atom. The highest BCUT2D eigenvalue weighted by Crippen LogP contribution is 2.07. The van der Waals surface area contributed by atoms with Gasteiger partial charge < -0.3 is 0 Å². The van der Waals surface area contributed by atoms with E-state index in [1.54, 1.807) is 0 Å². The van der Waals surface area contributed by atoms with Crippen molar-refractivity contribution in [1.82, 2.24) is 14.5 Å². The third-order valence-corrected chi connectivity index (χ3v) is 3.81. The molecule has 0 radical (unpaired) electrons. The van der Waals surface area contributed by atoms with Crippen LogP contribution < -0.4 is 11.2 Å². The molecule has 0 atom stereocenters. The number of halogens is 1. The van der Waals surface area contributed by atoms with Crippen LogP contribution in [0.25, 0.3) is 0 Å². The van der Waals surface area contributed by atoms with Gasteiger partial charge in [-0.1, -0.05) is 18.5 Å². The first-order valence-electron chi connectivity index (χ1n) is 7.06. The van der Waals surface area contributed by atoms with Crippen molar-refractivity contribution in [3.8, 4) is 0 Å². The van der Waals surface area contributed by atoms with Crippen molar-refractivity contribution in [3.05, 3.63) is 31.6 Å². The third kappa shape index (κ3) is 3.73. The third-order valence-electron chi connectivity index (χ3n) is 3.49. The molecule has 0 saturated heterocycles. The number of hydrogen-bond acceptors (Lipinski definition) is 3. The first-order chi connectivity index (χ1) is 9.29. The molecule has 114 valence electrons. The molecule has 0 spiro atoms. The van der Waals surface area contributed by atoms with Gasteiger partial charge in [-0.25, -0.2) is 4.79 Å². The van der Waals surface area contributed by atoms with Crippen LogP contribution in [-0.2, 0) is 13.0 Å². The van der Waals surface area contributed by atoms with E-state index in [0.29, 0.717) is 37.2 Å². The molecule has 0 amide bonds. The van der Waals surface area contributed by atoms with E-state index in [4.69, 9.17) is 11.6 Å². The molecule has 1 aromatic heterocycles. The molecule has 6 heteroatoms. The molecule has 0 aliphatic rings. The quantitative estimate of drug-likeness (QED) is 0.816. The second-order valence-electron chi connectivity index (χ2n) is 5.46. The lowest BCUT2D eigenvalue weighted by atomic mass is 10.2. The Balaban J connectivity index is 3.05. The predicted molar refractivity (Wildman–Crippen MR) is 82.7 cm³/mol. The van der Waals surface area contributed by atoms with Gasteiger partial charge in [-0.3, -0.25) is 19.2 Å². The summed E-state index contributed by atoms with van der Waals surface area (Å²) in [4.78, 5) is 28.9. The van der Waals surface area contributed by atoms with Crippen molar-refractivity contribution in [1.29, 1.82) is 0 Å². The van der Waals surface area contributed by atoms with Gasteiger partial charge in [0.25, 0.3) is 5.56 Å². The Bertz CT molecular complexity index is 553. The van der Waals surface area contributed by atoms with Crippen LogP contribution in [0.15, 0.2) is 9.59 Å². The van der Waals surface area contributed by atoms with Crippen LogP contribution >= 0.6 is 11.6 Å². The summed E-state index contributed by atoms with van der Waals surface area (Å²) in [5.74, 6) is 0. The minimum Gasteiger partial charge on any atom is -0.297 e. The molecule has 0 aliphatic heterocycles. The monoisotopic (exact) mass is 301 g/mol. The lowest BCUT2D eigenvalue weighted by Gasteiger charge is -2.30. The summed E-state index contributed by atoms with van der Waals surface area (Å²) in [7, 11) is 0. The molecule has 1 heterocycles. The molecule has 1 rings (SSSR count). The molecule has 0 bridgehead atoms. The van der Waals surface area contributed by atoms with E-state index in [9.17, 15) is 9.59 Å². The number of nitrogens with one attached hydrogen (secondary N) is 1. The molecular weight excluding hydrogens is 278 g/mol. The second kappa shape index (κ2) is 7.09. The Kier molecular flexibility index (Phi) is 6.02. The van der Waals surface area contributed by atoms with Crippen LogP contribution in [0.2, 0.25) is 5.15 Å². The van der Waals surface area contributed by atoms with Crippen molar-refractivity contribution < 1.29 is 0 Å². The molecule has 0 aromatic carbocycles. The topological polar surface area (TPSA) is 58.1 Å². The fourth-order valence-corrected chi connectivity index (χ4v) is 2.72. The molecule has 0 aliphatic carbocycles. The SMILES string of the molecule is CCc1c(Cl)[nH]c(=O)n(CCN(C(C)C)C(C)C)c1=O. The molecule has 20 heavy (non-hydrogen) atoms. The summed E-state index contributed by atoms with van der Waals surface area (Å²) < 4.78 is 1.24. The first kappa shape index (κ1) is 17.0. The van der Waals surface area contributed by atoms with Gasteiger partial charge in [0.15, 0.2) is 0 Å². The van der Waals surface area contributed by atoms with Crippen LogP contribution in [0.4, 0.5) is 0 Å². The van der Waals surface area contributed by atoms with Crippen LogP contribution in [0, 0.1) is 0 Å². The van der Waals surface area contributed by atoms with E-state index in [1.807, 2.05) is 6.92 Å². The van der Waals surface area contributed by atoms with Gasteiger partial charge in [-0.05, 0) is 34.1 Å².